The number of nitrogens with one attached hydrogen (secondary N) is 1. The van der Waals surface area contributed by atoms with E-state index in [2.05, 4.69) is 11.4 Å². The fraction of sp³-hybridized carbons (Fsp3) is 0.294. The van der Waals surface area contributed by atoms with E-state index in [9.17, 15) is 4.39 Å². The zero-order valence-electron chi connectivity index (χ0n) is 11.7. The molecule has 0 saturated heterocycles. The van der Waals surface area contributed by atoms with Crippen molar-refractivity contribution >= 4 is 0 Å². The Morgan fingerprint density at radius 2 is 2.00 bits per heavy atom. The smallest absolute Gasteiger partial charge is 0.126 e. The van der Waals surface area contributed by atoms with Crippen molar-refractivity contribution in [2.24, 2.45) is 0 Å². The monoisotopic (exact) mass is 271 g/mol. The van der Waals surface area contributed by atoms with Gasteiger partial charge in [-0.2, -0.15) is 0 Å². The number of para-hydroxylation sites is 1. The van der Waals surface area contributed by atoms with Crippen molar-refractivity contribution in [2.75, 3.05) is 7.05 Å². The zero-order chi connectivity index (χ0) is 14.1. The van der Waals surface area contributed by atoms with Crippen molar-refractivity contribution in [3.8, 4) is 5.75 Å². The minimum atomic E-state index is -0.171. The van der Waals surface area contributed by atoms with Crippen LogP contribution in [0.5, 0.6) is 5.75 Å². The predicted molar refractivity (Wildman–Crippen MR) is 77.4 cm³/mol. The van der Waals surface area contributed by atoms with Gasteiger partial charge in [0.1, 0.15) is 17.7 Å². The number of fused-ring (bicyclic) bond motifs is 1. The topological polar surface area (TPSA) is 21.3 Å². The van der Waals surface area contributed by atoms with Crippen LogP contribution in [0.1, 0.15) is 35.3 Å². The van der Waals surface area contributed by atoms with Crippen molar-refractivity contribution in [3.63, 3.8) is 0 Å². The van der Waals surface area contributed by atoms with Gasteiger partial charge >= 0.3 is 0 Å². The molecule has 3 heteroatoms. The van der Waals surface area contributed by atoms with Crippen molar-refractivity contribution < 1.29 is 9.13 Å². The molecule has 0 bridgehead atoms. The second-order valence-corrected chi connectivity index (χ2v) is 5.23. The molecule has 2 atom stereocenters. The Balaban J connectivity index is 1.95. The molecule has 1 N–H and O–H groups in total. The Morgan fingerprint density at radius 3 is 2.75 bits per heavy atom. The van der Waals surface area contributed by atoms with Gasteiger partial charge < -0.3 is 10.1 Å². The van der Waals surface area contributed by atoms with Gasteiger partial charge in [0.25, 0.3) is 0 Å². The fourth-order valence-corrected chi connectivity index (χ4v) is 2.76. The van der Waals surface area contributed by atoms with Crippen molar-refractivity contribution in [1.29, 1.82) is 0 Å². The van der Waals surface area contributed by atoms with Crippen molar-refractivity contribution in [1.82, 2.24) is 5.32 Å². The summed E-state index contributed by atoms with van der Waals surface area (Å²) in [6.07, 6.45) is 0.806. The van der Waals surface area contributed by atoms with Gasteiger partial charge in [0, 0.05) is 18.0 Å². The Labute approximate surface area is 118 Å². The molecule has 2 unspecified atom stereocenters. The van der Waals surface area contributed by atoms with E-state index in [4.69, 9.17) is 4.74 Å². The van der Waals surface area contributed by atoms with Crippen LogP contribution < -0.4 is 10.1 Å². The molecule has 0 radical (unpaired) electrons. The number of rotatable bonds is 2. The van der Waals surface area contributed by atoms with E-state index in [-0.39, 0.29) is 18.0 Å². The van der Waals surface area contributed by atoms with Crippen LogP contribution in [0.25, 0.3) is 0 Å². The van der Waals surface area contributed by atoms with Crippen LogP contribution in [0, 0.1) is 12.7 Å². The van der Waals surface area contributed by atoms with Crippen LogP contribution in [0.4, 0.5) is 4.39 Å². The van der Waals surface area contributed by atoms with Gasteiger partial charge in [-0.05, 0) is 43.3 Å². The molecule has 2 aromatic carbocycles. The average Bonchev–Trinajstić information content (AvgIpc) is 2.49. The summed E-state index contributed by atoms with van der Waals surface area (Å²) in [5.74, 6) is 0.736. The third-order valence-electron chi connectivity index (χ3n) is 3.92. The summed E-state index contributed by atoms with van der Waals surface area (Å²) in [5.41, 5.74) is 2.87. The highest BCUT2D eigenvalue weighted by atomic mass is 19.1. The summed E-state index contributed by atoms with van der Waals surface area (Å²) >= 11 is 0. The second-order valence-electron chi connectivity index (χ2n) is 5.23. The fourth-order valence-electron chi connectivity index (χ4n) is 2.76. The predicted octanol–water partition coefficient (Wildman–Crippen LogP) is 3.92. The van der Waals surface area contributed by atoms with E-state index in [1.807, 2.05) is 37.4 Å². The van der Waals surface area contributed by atoms with E-state index in [0.717, 1.165) is 17.7 Å². The first kappa shape index (κ1) is 13.1. The standard InChI is InChI=1S/C17H18FNO/c1-11-9-12(7-8-14(11)18)17-10-15(19-2)13-5-3-4-6-16(13)20-17/h3-9,15,17,19H,10H2,1-2H3. The normalized spacial score (nSPS) is 21.1. The third kappa shape index (κ3) is 2.29. The number of hydrogen-bond donors (Lipinski definition) is 1. The van der Waals surface area contributed by atoms with Crippen LogP contribution in [0.3, 0.4) is 0 Å². The van der Waals surface area contributed by atoms with Gasteiger partial charge in [0.2, 0.25) is 0 Å². The summed E-state index contributed by atoms with van der Waals surface area (Å²) in [5, 5.41) is 3.33. The maximum atomic E-state index is 13.4. The van der Waals surface area contributed by atoms with Crippen LogP contribution in [-0.2, 0) is 0 Å². The van der Waals surface area contributed by atoms with Gasteiger partial charge in [0.15, 0.2) is 0 Å². The number of ether oxygens (including phenoxy) is 1. The highest BCUT2D eigenvalue weighted by Gasteiger charge is 2.28. The molecule has 0 spiro atoms. The van der Waals surface area contributed by atoms with E-state index < -0.39 is 0 Å². The van der Waals surface area contributed by atoms with Crippen molar-refractivity contribution in [3.05, 3.63) is 65.0 Å². The molecule has 1 aliphatic rings. The Bertz CT molecular complexity index is 626. The molecule has 1 heterocycles. The first-order valence-corrected chi connectivity index (χ1v) is 6.88. The average molecular weight is 271 g/mol. The van der Waals surface area contributed by atoms with E-state index >= 15 is 0 Å². The van der Waals surface area contributed by atoms with E-state index in [1.54, 1.807) is 6.92 Å². The SMILES string of the molecule is CNC1CC(c2ccc(F)c(C)c2)Oc2ccccc21. The maximum Gasteiger partial charge on any atom is 0.126 e. The largest absolute Gasteiger partial charge is 0.485 e. The highest BCUT2D eigenvalue weighted by Crippen LogP contribution is 2.40. The molecule has 0 aliphatic carbocycles. The maximum absolute atomic E-state index is 13.4. The van der Waals surface area contributed by atoms with E-state index in [0.29, 0.717) is 5.56 Å². The summed E-state index contributed by atoms with van der Waals surface area (Å²) in [4.78, 5) is 0. The zero-order valence-corrected chi connectivity index (χ0v) is 11.7. The van der Waals surface area contributed by atoms with Gasteiger partial charge in [-0.1, -0.05) is 24.3 Å². The lowest BCUT2D eigenvalue weighted by Gasteiger charge is -2.32. The Kier molecular flexibility index (Phi) is 3.45. The molecule has 1 aliphatic heterocycles. The van der Waals surface area contributed by atoms with Crippen LogP contribution in [0.2, 0.25) is 0 Å². The van der Waals surface area contributed by atoms with E-state index in [1.165, 1.54) is 11.6 Å². The van der Waals surface area contributed by atoms with Gasteiger partial charge in [-0.15, -0.1) is 0 Å². The number of hydrogen-bond acceptors (Lipinski definition) is 2. The summed E-state index contributed by atoms with van der Waals surface area (Å²) < 4.78 is 19.5. The van der Waals surface area contributed by atoms with Crippen LogP contribution >= 0.6 is 0 Å². The molecule has 0 aromatic heterocycles. The lowest BCUT2D eigenvalue weighted by atomic mass is 9.92. The molecule has 3 rings (SSSR count). The highest BCUT2D eigenvalue weighted by molar-refractivity contribution is 5.39. The molecule has 0 amide bonds. The minimum Gasteiger partial charge on any atom is -0.485 e. The van der Waals surface area contributed by atoms with Crippen molar-refractivity contribution in [2.45, 2.75) is 25.5 Å². The number of halogens is 1. The second kappa shape index (κ2) is 5.25. The van der Waals surface area contributed by atoms with Crippen LogP contribution in [-0.4, -0.2) is 7.05 Å². The molecular weight excluding hydrogens is 253 g/mol. The molecule has 20 heavy (non-hydrogen) atoms. The Hall–Kier alpha value is -1.87. The molecule has 2 aromatic rings. The van der Waals surface area contributed by atoms with Crippen LogP contribution in [0.15, 0.2) is 42.5 Å². The third-order valence-corrected chi connectivity index (χ3v) is 3.92. The number of benzene rings is 2. The van der Waals surface area contributed by atoms with Gasteiger partial charge in [-0.3, -0.25) is 0 Å². The molecule has 2 nitrogen and oxygen atoms in total. The molecule has 0 saturated carbocycles. The lowest BCUT2D eigenvalue weighted by Crippen LogP contribution is -2.26. The Morgan fingerprint density at radius 1 is 1.20 bits per heavy atom. The first-order valence-electron chi connectivity index (χ1n) is 6.88. The summed E-state index contributed by atoms with van der Waals surface area (Å²) in [6.45, 7) is 1.78. The van der Waals surface area contributed by atoms with Gasteiger partial charge in [0.05, 0.1) is 0 Å². The quantitative estimate of drug-likeness (QED) is 0.894. The molecule has 104 valence electrons. The number of aryl methyl sites for hydroxylation is 1. The minimum absolute atomic E-state index is 0.0401. The first-order chi connectivity index (χ1) is 9.69. The molecular formula is C17H18FNO. The molecule has 0 fully saturated rings. The van der Waals surface area contributed by atoms with Gasteiger partial charge in [-0.25, -0.2) is 4.39 Å². The lowest BCUT2D eigenvalue weighted by molar-refractivity contribution is 0.154. The summed E-state index contributed by atoms with van der Waals surface area (Å²) in [7, 11) is 1.96. The summed E-state index contributed by atoms with van der Waals surface area (Å²) in [6, 6.07) is 13.5.